The minimum atomic E-state index is -0.278. The number of benzene rings is 2. The molecule has 136 valence electrons. The summed E-state index contributed by atoms with van der Waals surface area (Å²) in [6.07, 6.45) is 0.262. The van der Waals surface area contributed by atoms with Crippen LogP contribution in [0.5, 0.6) is 0 Å². The van der Waals surface area contributed by atoms with Gasteiger partial charge in [-0.15, -0.1) is 0 Å². The number of hydrogen-bond donors (Lipinski definition) is 0. The van der Waals surface area contributed by atoms with Gasteiger partial charge in [-0.1, -0.05) is 59.8 Å². The molecule has 4 nitrogen and oxygen atoms in total. The van der Waals surface area contributed by atoms with Crippen LogP contribution in [0.15, 0.2) is 59.1 Å². The Kier molecular flexibility index (Phi) is 4.86. The molecule has 6 heteroatoms. The molecule has 1 atom stereocenters. The van der Waals surface area contributed by atoms with Gasteiger partial charge >= 0.3 is 0 Å². The summed E-state index contributed by atoms with van der Waals surface area (Å²) in [6.45, 7) is 2.53. The van der Waals surface area contributed by atoms with Crippen molar-refractivity contribution in [3.05, 3.63) is 75.3 Å². The van der Waals surface area contributed by atoms with Gasteiger partial charge < -0.3 is 4.90 Å². The molecule has 1 saturated heterocycles. The summed E-state index contributed by atoms with van der Waals surface area (Å²) in [4.78, 5) is 16.9. The summed E-state index contributed by atoms with van der Waals surface area (Å²) < 4.78 is 0. The van der Waals surface area contributed by atoms with E-state index < -0.39 is 0 Å². The molecule has 2 aliphatic rings. The molecule has 4 rings (SSSR count). The SMILES string of the molecule is Cc1ccccc1N1CSC2=C(C#N)[C@@H](c3ccccc3Cl)CC(=O)N2C1. The Morgan fingerprint density at radius 3 is 2.67 bits per heavy atom. The highest BCUT2D eigenvalue weighted by Gasteiger charge is 2.39. The Balaban J connectivity index is 1.70. The number of thioether (sulfide) groups is 1. The van der Waals surface area contributed by atoms with Crippen molar-refractivity contribution in [3.8, 4) is 6.07 Å². The minimum absolute atomic E-state index is 0.0275. The van der Waals surface area contributed by atoms with E-state index in [0.717, 1.165) is 16.3 Å². The second kappa shape index (κ2) is 7.30. The van der Waals surface area contributed by atoms with E-state index in [1.165, 1.54) is 5.56 Å². The van der Waals surface area contributed by atoms with Crippen molar-refractivity contribution < 1.29 is 4.79 Å². The third-order valence-corrected chi connectivity index (χ3v) is 6.53. The average Bonchev–Trinajstić information content (AvgIpc) is 2.68. The maximum absolute atomic E-state index is 12.9. The lowest BCUT2D eigenvalue weighted by atomic mass is 9.86. The molecule has 0 aromatic heterocycles. The number of aryl methyl sites for hydroxylation is 1. The first-order valence-electron chi connectivity index (χ1n) is 8.72. The van der Waals surface area contributed by atoms with E-state index in [-0.39, 0.29) is 18.2 Å². The lowest BCUT2D eigenvalue weighted by molar-refractivity contribution is -0.129. The quantitative estimate of drug-likeness (QED) is 0.727. The third-order valence-electron chi connectivity index (χ3n) is 5.03. The first-order valence-corrected chi connectivity index (χ1v) is 10.1. The molecule has 0 saturated carbocycles. The van der Waals surface area contributed by atoms with Crippen molar-refractivity contribution in [2.45, 2.75) is 19.3 Å². The number of carbonyl (C=O) groups is 1. The van der Waals surface area contributed by atoms with Crippen LogP contribution >= 0.6 is 23.4 Å². The summed E-state index contributed by atoms with van der Waals surface area (Å²) in [5.41, 5.74) is 3.77. The van der Waals surface area contributed by atoms with Gasteiger partial charge in [-0.3, -0.25) is 9.69 Å². The van der Waals surface area contributed by atoms with E-state index in [1.54, 1.807) is 22.7 Å². The molecule has 0 spiro atoms. The monoisotopic (exact) mass is 395 g/mol. The van der Waals surface area contributed by atoms with E-state index in [2.05, 4.69) is 30.0 Å². The number of nitrogens with zero attached hydrogens (tertiary/aromatic N) is 3. The van der Waals surface area contributed by atoms with Gasteiger partial charge in [-0.25, -0.2) is 0 Å². The van der Waals surface area contributed by atoms with Gasteiger partial charge in [0.05, 0.1) is 29.2 Å². The second-order valence-corrected chi connectivity index (χ2v) is 8.01. The van der Waals surface area contributed by atoms with Crippen LogP contribution in [0.2, 0.25) is 5.02 Å². The first kappa shape index (κ1) is 18.0. The highest BCUT2D eigenvalue weighted by molar-refractivity contribution is 8.03. The van der Waals surface area contributed by atoms with Crippen LogP contribution in [-0.4, -0.2) is 23.4 Å². The van der Waals surface area contributed by atoms with Gasteiger partial charge in [-0.2, -0.15) is 5.26 Å². The number of carbonyl (C=O) groups excluding carboxylic acids is 1. The number of para-hydroxylation sites is 1. The first-order chi connectivity index (χ1) is 13.1. The van der Waals surface area contributed by atoms with Gasteiger partial charge in [0, 0.05) is 23.0 Å². The fourth-order valence-corrected chi connectivity index (χ4v) is 5.08. The van der Waals surface area contributed by atoms with Crippen molar-refractivity contribution in [2.24, 2.45) is 0 Å². The number of rotatable bonds is 2. The molecule has 27 heavy (non-hydrogen) atoms. The normalized spacial score (nSPS) is 19.7. The van der Waals surface area contributed by atoms with Crippen molar-refractivity contribution in [3.63, 3.8) is 0 Å². The van der Waals surface area contributed by atoms with Crippen molar-refractivity contribution in [2.75, 3.05) is 17.4 Å². The predicted molar refractivity (Wildman–Crippen MR) is 109 cm³/mol. The standard InChI is InChI=1S/C21H18ClN3OS/c1-14-6-2-5-9-19(14)24-12-25-20(26)10-16(15-7-3-4-8-18(15)22)17(11-23)21(25)27-13-24/h2-9,16H,10,12-13H2,1H3/t16-/m1/s1. The number of nitriles is 1. The van der Waals surface area contributed by atoms with Gasteiger partial charge in [-0.05, 0) is 30.2 Å². The smallest absolute Gasteiger partial charge is 0.229 e. The number of hydrogen-bond acceptors (Lipinski definition) is 4. The van der Waals surface area contributed by atoms with E-state index in [9.17, 15) is 10.1 Å². The number of fused-ring (bicyclic) bond motifs is 1. The van der Waals surface area contributed by atoms with E-state index in [4.69, 9.17) is 11.6 Å². The highest BCUT2D eigenvalue weighted by atomic mass is 35.5. The van der Waals surface area contributed by atoms with Gasteiger partial charge in [0.25, 0.3) is 0 Å². The summed E-state index contributed by atoms with van der Waals surface area (Å²) >= 11 is 7.90. The van der Waals surface area contributed by atoms with Gasteiger partial charge in [0.1, 0.15) is 0 Å². The largest absolute Gasteiger partial charge is 0.343 e. The zero-order valence-electron chi connectivity index (χ0n) is 14.9. The van der Waals surface area contributed by atoms with E-state index >= 15 is 0 Å². The van der Waals surface area contributed by atoms with Crippen LogP contribution in [0.4, 0.5) is 5.69 Å². The van der Waals surface area contributed by atoms with Crippen LogP contribution in [0.25, 0.3) is 0 Å². The summed E-state index contributed by atoms with van der Waals surface area (Å²) in [5, 5.41) is 11.2. The summed E-state index contributed by atoms with van der Waals surface area (Å²) in [5.74, 6) is 0.448. The van der Waals surface area contributed by atoms with Crippen molar-refractivity contribution in [1.29, 1.82) is 5.26 Å². The molecule has 0 aliphatic carbocycles. The summed E-state index contributed by atoms with van der Waals surface area (Å²) in [6, 6.07) is 18.0. The second-order valence-electron chi connectivity index (χ2n) is 6.67. The van der Waals surface area contributed by atoms with Gasteiger partial charge in [0.2, 0.25) is 5.91 Å². The van der Waals surface area contributed by atoms with Crippen LogP contribution in [-0.2, 0) is 4.79 Å². The molecule has 0 N–H and O–H groups in total. The molecule has 2 aliphatic heterocycles. The Morgan fingerprint density at radius 2 is 1.93 bits per heavy atom. The fourth-order valence-electron chi connectivity index (χ4n) is 3.66. The molecular formula is C21H18ClN3OS. The van der Waals surface area contributed by atoms with Gasteiger partial charge in [0.15, 0.2) is 0 Å². The minimum Gasteiger partial charge on any atom is -0.343 e. The molecular weight excluding hydrogens is 378 g/mol. The maximum atomic E-state index is 12.9. The van der Waals surface area contributed by atoms with E-state index in [0.29, 0.717) is 23.1 Å². The Hall–Kier alpha value is -2.42. The third kappa shape index (κ3) is 3.20. The molecule has 0 bridgehead atoms. The number of halogens is 1. The van der Waals surface area contributed by atoms with Crippen LogP contribution in [0.3, 0.4) is 0 Å². The van der Waals surface area contributed by atoms with Crippen LogP contribution < -0.4 is 4.90 Å². The van der Waals surface area contributed by atoms with Crippen LogP contribution in [0, 0.1) is 18.3 Å². The molecule has 0 unspecified atom stereocenters. The Morgan fingerprint density at radius 1 is 1.19 bits per heavy atom. The Bertz CT molecular complexity index is 981. The number of allylic oxidation sites excluding steroid dienone is 1. The molecule has 2 heterocycles. The number of anilines is 1. The Labute approximate surface area is 168 Å². The van der Waals surface area contributed by atoms with E-state index in [1.807, 2.05) is 30.3 Å². The molecule has 0 radical (unpaired) electrons. The number of amides is 1. The van der Waals surface area contributed by atoms with Crippen molar-refractivity contribution in [1.82, 2.24) is 4.90 Å². The maximum Gasteiger partial charge on any atom is 0.229 e. The summed E-state index contributed by atoms with van der Waals surface area (Å²) in [7, 11) is 0. The highest BCUT2D eigenvalue weighted by Crippen LogP contribution is 2.44. The zero-order valence-corrected chi connectivity index (χ0v) is 16.4. The molecule has 2 aromatic rings. The molecule has 1 amide bonds. The molecule has 2 aromatic carbocycles. The predicted octanol–water partition coefficient (Wildman–Crippen LogP) is 4.87. The fraction of sp³-hybridized carbons (Fsp3) is 0.238. The average molecular weight is 396 g/mol. The van der Waals surface area contributed by atoms with Crippen molar-refractivity contribution >= 4 is 35.0 Å². The van der Waals surface area contributed by atoms with Crippen LogP contribution in [0.1, 0.15) is 23.5 Å². The zero-order chi connectivity index (χ0) is 19.0. The lowest BCUT2D eigenvalue weighted by Gasteiger charge is -2.42. The molecule has 1 fully saturated rings. The topological polar surface area (TPSA) is 47.3 Å². The lowest BCUT2D eigenvalue weighted by Crippen LogP contribution is -2.47.